The van der Waals surface area contributed by atoms with Crippen molar-refractivity contribution in [3.8, 4) is 0 Å². The first-order valence-electron chi connectivity index (χ1n) is 4.72. The fourth-order valence-corrected chi connectivity index (χ4v) is 1.48. The van der Waals surface area contributed by atoms with Crippen LogP contribution in [0.4, 0.5) is 0 Å². The topological polar surface area (TPSA) is 55.1 Å². The number of carbonyl (C=O) groups is 1. The number of hydrogen-bond donors (Lipinski definition) is 2. The molecule has 0 aromatic heterocycles. The number of quaternary nitrogens is 1. The van der Waals surface area contributed by atoms with Crippen LogP contribution in [0.25, 0.3) is 0 Å². The number of nitrogens with two attached hydrogens (primary N) is 1. The van der Waals surface area contributed by atoms with Crippen LogP contribution in [0.2, 0.25) is 0 Å². The van der Waals surface area contributed by atoms with Crippen molar-refractivity contribution in [3.63, 3.8) is 0 Å². The van der Waals surface area contributed by atoms with E-state index in [1.807, 2.05) is 21.1 Å². The summed E-state index contributed by atoms with van der Waals surface area (Å²) in [6.45, 7) is 0.533. The summed E-state index contributed by atoms with van der Waals surface area (Å²) in [5.74, 6) is 0.129. The molecule has 76 valence electrons. The average molecular weight is 186 g/mol. The van der Waals surface area contributed by atoms with Crippen LogP contribution < -0.4 is 11.1 Å². The van der Waals surface area contributed by atoms with Crippen molar-refractivity contribution in [2.45, 2.75) is 24.9 Å². The van der Waals surface area contributed by atoms with Gasteiger partial charge in [0.15, 0.2) is 6.54 Å². The van der Waals surface area contributed by atoms with Crippen LogP contribution in [0.1, 0.15) is 12.8 Å². The van der Waals surface area contributed by atoms with Gasteiger partial charge in [-0.05, 0) is 12.8 Å². The van der Waals surface area contributed by atoms with Crippen molar-refractivity contribution in [2.75, 3.05) is 27.7 Å². The summed E-state index contributed by atoms with van der Waals surface area (Å²) in [7, 11) is 6.02. The lowest BCUT2D eigenvalue weighted by Gasteiger charge is -2.33. The molecule has 0 saturated heterocycles. The van der Waals surface area contributed by atoms with E-state index < -0.39 is 0 Å². The lowest BCUT2D eigenvalue weighted by atomic mass is 9.88. The van der Waals surface area contributed by atoms with Gasteiger partial charge in [-0.1, -0.05) is 0 Å². The van der Waals surface area contributed by atoms with Gasteiger partial charge in [-0.15, -0.1) is 0 Å². The van der Waals surface area contributed by atoms with E-state index in [4.69, 9.17) is 5.73 Å². The highest BCUT2D eigenvalue weighted by Gasteiger charge is 2.28. The van der Waals surface area contributed by atoms with Crippen LogP contribution in [-0.2, 0) is 4.79 Å². The maximum absolute atomic E-state index is 11.4. The highest BCUT2D eigenvalue weighted by atomic mass is 16.2. The second-order valence-electron chi connectivity index (χ2n) is 4.94. The van der Waals surface area contributed by atoms with Gasteiger partial charge in [0.2, 0.25) is 0 Å². The standard InChI is InChI=1S/C9H19N3O/c1-12(2,3)6-9(13)11-8-4-7(10)5-8/h7-8H,4-6,10H2,1-3H3/p+1. The molecular formula is C9H20N3O+. The molecule has 13 heavy (non-hydrogen) atoms. The molecule has 4 nitrogen and oxygen atoms in total. The van der Waals surface area contributed by atoms with Gasteiger partial charge >= 0.3 is 0 Å². The number of likely N-dealkylation sites (N-methyl/N-ethyl adjacent to an activating group) is 1. The summed E-state index contributed by atoms with van der Waals surface area (Å²) in [5.41, 5.74) is 5.62. The van der Waals surface area contributed by atoms with E-state index in [1.54, 1.807) is 0 Å². The third kappa shape index (κ3) is 3.74. The van der Waals surface area contributed by atoms with Crippen LogP contribution in [0.5, 0.6) is 0 Å². The minimum absolute atomic E-state index is 0.129. The Kier molecular flexibility index (Phi) is 2.93. The number of nitrogens with zero attached hydrogens (tertiary/aromatic N) is 1. The van der Waals surface area contributed by atoms with Crippen molar-refractivity contribution in [2.24, 2.45) is 5.73 Å². The Bertz CT molecular complexity index is 192. The smallest absolute Gasteiger partial charge is 0.275 e. The Hall–Kier alpha value is -0.610. The lowest BCUT2D eigenvalue weighted by molar-refractivity contribution is -0.862. The van der Waals surface area contributed by atoms with E-state index in [0.717, 1.165) is 12.8 Å². The normalized spacial score (nSPS) is 28.0. The van der Waals surface area contributed by atoms with E-state index in [0.29, 0.717) is 23.1 Å². The summed E-state index contributed by atoms with van der Waals surface area (Å²) < 4.78 is 0.671. The Morgan fingerprint density at radius 3 is 2.38 bits per heavy atom. The van der Waals surface area contributed by atoms with E-state index in [-0.39, 0.29) is 5.91 Å². The summed E-state index contributed by atoms with van der Waals surface area (Å²) >= 11 is 0. The van der Waals surface area contributed by atoms with Gasteiger partial charge in [-0.25, -0.2) is 0 Å². The summed E-state index contributed by atoms with van der Waals surface area (Å²) in [5, 5.41) is 2.97. The van der Waals surface area contributed by atoms with Gasteiger partial charge < -0.3 is 15.5 Å². The molecule has 1 aliphatic rings. The van der Waals surface area contributed by atoms with E-state index in [1.165, 1.54) is 0 Å². The van der Waals surface area contributed by atoms with Crippen molar-refractivity contribution in [1.29, 1.82) is 0 Å². The molecule has 1 saturated carbocycles. The van der Waals surface area contributed by atoms with Crippen LogP contribution in [0.15, 0.2) is 0 Å². The summed E-state index contributed by atoms with van der Waals surface area (Å²) in [6, 6.07) is 0.628. The fourth-order valence-electron chi connectivity index (χ4n) is 1.48. The van der Waals surface area contributed by atoms with Crippen molar-refractivity contribution in [3.05, 3.63) is 0 Å². The molecule has 4 heteroatoms. The zero-order valence-electron chi connectivity index (χ0n) is 8.71. The van der Waals surface area contributed by atoms with Crippen LogP contribution >= 0.6 is 0 Å². The van der Waals surface area contributed by atoms with Gasteiger partial charge in [0.1, 0.15) is 0 Å². The van der Waals surface area contributed by atoms with Gasteiger partial charge in [-0.2, -0.15) is 0 Å². The van der Waals surface area contributed by atoms with E-state index in [9.17, 15) is 4.79 Å². The van der Waals surface area contributed by atoms with Crippen LogP contribution in [0.3, 0.4) is 0 Å². The Labute approximate surface area is 79.7 Å². The molecule has 1 aliphatic carbocycles. The molecule has 0 aromatic rings. The minimum Gasteiger partial charge on any atom is -0.348 e. The summed E-state index contributed by atoms with van der Waals surface area (Å²) in [6.07, 6.45) is 1.87. The molecule has 1 fully saturated rings. The highest BCUT2D eigenvalue weighted by Crippen LogP contribution is 2.17. The molecule has 0 heterocycles. The molecule has 0 spiro atoms. The zero-order valence-corrected chi connectivity index (χ0v) is 8.71. The third-order valence-electron chi connectivity index (χ3n) is 2.16. The number of hydrogen-bond acceptors (Lipinski definition) is 2. The zero-order chi connectivity index (χ0) is 10.1. The lowest BCUT2D eigenvalue weighted by Crippen LogP contribution is -2.53. The first-order chi connectivity index (χ1) is 5.87. The third-order valence-corrected chi connectivity index (χ3v) is 2.16. The number of carbonyl (C=O) groups excluding carboxylic acids is 1. The van der Waals surface area contributed by atoms with Crippen molar-refractivity contribution in [1.82, 2.24) is 5.32 Å². The quantitative estimate of drug-likeness (QED) is 0.573. The maximum atomic E-state index is 11.4. The number of rotatable bonds is 3. The molecule has 3 N–H and O–H groups in total. The van der Waals surface area contributed by atoms with Crippen LogP contribution in [-0.4, -0.2) is 50.2 Å². The molecule has 1 rings (SSSR count). The molecule has 0 atom stereocenters. The Morgan fingerprint density at radius 1 is 1.46 bits per heavy atom. The Balaban J connectivity index is 2.19. The second-order valence-corrected chi connectivity index (χ2v) is 4.94. The van der Waals surface area contributed by atoms with Gasteiger partial charge in [0.05, 0.1) is 21.1 Å². The second kappa shape index (κ2) is 3.64. The SMILES string of the molecule is C[N+](C)(C)CC(=O)NC1CC(N)C1. The van der Waals surface area contributed by atoms with Crippen molar-refractivity contribution < 1.29 is 9.28 Å². The monoisotopic (exact) mass is 186 g/mol. The fraction of sp³-hybridized carbons (Fsp3) is 0.889. The van der Waals surface area contributed by atoms with Crippen LogP contribution in [0, 0.1) is 0 Å². The predicted octanol–water partition coefficient (Wildman–Crippen LogP) is -0.701. The minimum atomic E-state index is 0.129. The summed E-state index contributed by atoms with van der Waals surface area (Å²) in [4.78, 5) is 11.4. The molecule has 0 aliphatic heterocycles. The van der Waals surface area contributed by atoms with E-state index >= 15 is 0 Å². The molecule has 0 radical (unpaired) electrons. The highest BCUT2D eigenvalue weighted by molar-refractivity contribution is 5.77. The first kappa shape index (κ1) is 10.5. The van der Waals surface area contributed by atoms with Crippen molar-refractivity contribution >= 4 is 5.91 Å². The Morgan fingerprint density at radius 2 is 2.00 bits per heavy atom. The molecule has 0 unspecified atom stereocenters. The van der Waals surface area contributed by atoms with Gasteiger partial charge in [0, 0.05) is 12.1 Å². The largest absolute Gasteiger partial charge is 0.348 e. The number of amides is 1. The maximum Gasteiger partial charge on any atom is 0.275 e. The first-order valence-corrected chi connectivity index (χ1v) is 4.72. The van der Waals surface area contributed by atoms with Gasteiger partial charge in [0.25, 0.3) is 5.91 Å². The molecule has 0 aromatic carbocycles. The molecule has 0 bridgehead atoms. The molecule has 1 amide bonds. The predicted molar refractivity (Wildman–Crippen MR) is 52.0 cm³/mol. The average Bonchev–Trinajstić information content (AvgIpc) is 1.79. The van der Waals surface area contributed by atoms with E-state index in [2.05, 4.69) is 5.32 Å². The van der Waals surface area contributed by atoms with Gasteiger partial charge in [-0.3, -0.25) is 4.79 Å². The molecular weight excluding hydrogens is 166 g/mol. The number of nitrogens with one attached hydrogen (secondary N) is 1.